The van der Waals surface area contributed by atoms with Gasteiger partial charge in [-0.1, -0.05) is 25.4 Å². The summed E-state index contributed by atoms with van der Waals surface area (Å²) in [5, 5.41) is 3.99. The first-order valence-corrected chi connectivity index (χ1v) is 6.71. The van der Waals surface area contributed by atoms with Crippen LogP contribution in [0.3, 0.4) is 0 Å². The number of hydrogen-bond acceptors (Lipinski definition) is 3. The highest BCUT2D eigenvalue weighted by molar-refractivity contribution is 6.32. The summed E-state index contributed by atoms with van der Waals surface area (Å²) in [7, 11) is 1.65. The van der Waals surface area contributed by atoms with Crippen LogP contribution in [0.4, 0.5) is 0 Å². The summed E-state index contributed by atoms with van der Waals surface area (Å²) in [5.74, 6) is 1.17. The lowest BCUT2D eigenvalue weighted by Gasteiger charge is -2.26. The third kappa shape index (κ3) is 2.79. The Balaban J connectivity index is 2.41. The Morgan fingerprint density at radius 3 is 2.78 bits per heavy atom. The molecule has 1 unspecified atom stereocenters. The molecule has 18 heavy (non-hydrogen) atoms. The molecule has 1 saturated heterocycles. The Labute approximate surface area is 113 Å². The van der Waals surface area contributed by atoms with Crippen LogP contribution in [0.25, 0.3) is 0 Å². The summed E-state index contributed by atoms with van der Waals surface area (Å²) < 4.78 is 11.2. The molecule has 1 aromatic carbocycles. The van der Waals surface area contributed by atoms with E-state index in [4.69, 9.17) is 21.1 Å². The molecular weight excluding hydrogens is 250 g/mol. The molecule has 0 amide bonds. The molecule has 1 aromatic rings. The van der Waals surface area contributed by atoms with Gasteiger partial charge in [-0.3, -0.25) is 0 Å². The smallest absolute Gasteiger partial charge is 0.143 e. The summed E-state index contributed by atoms with van der Waals surface area (Å²) in [4.78, 5) is 0. The fraction of sp³-hybridized carbons (Fsp3) is 0.571. The van der Waals surface area contributed by atoms with Crippen LogP contribution in [0.5, 0.6) is 5.75 Å². The standard InChI is InChI=1S/C14H20ClNO2/c1-9(2)10-6-11(13-8-16-4-5-18-13)14(17-3)12(15)7-10/h6-7,9,13,16H,4-5,8H2,1-3H3. The van der Waals surface area contributed by atoms with E-state index in [1.54, 1.807) is 7.11 Å². The largest absolute Gasteiger partial charge is 0.495 e. The Morgan fingerprint density at radius 1 is 1.44 bits per heavy atom. The van der Waals surface area contributed by atoms with E-state index in [-0.39, 0.29) is 6.10 Å². The average Bonchev–Trinajstić information content (AvgIpc) is 2.38. The Morgan fingerprint density at radius 2 is 2.22 bits per heavy atom. The highest BCUT2D eigenvalue weighted by atomic mass is 35.5. The molecule has 0 spiro atoms. The van der Waals surface area contributed by atoms with Crippen molar-refractivity contribution >= 4 is 11.6 Å². The second kappa shape index (κ2) is 5.91. The summed E-state index contributed by atoms with van der Waals surface area (Å²) in [6.07, 6.45) is 0.0184. The molecule has 0 aromatic heterocycles. The molecule has 2 rings (SSSR count). The maximum Gasteiger partial charge on any atom is 0.143 e. The van der Waals surface area contributed by atoms with Gasteiger partial charge in [0, 0.05) is 18.7 Å². The van der Waals surface area contributed by atoms with Gasteiger partial charge in [0.2, 0.25) is 0 Å². The zero-order valence-corrected chi connectivity index (χ0v) is 11.9. The van der Waals surface area contributed by atoms with Crippen molar-refractivity contribution in [1.29, 1.82) is 0 Å². The van der Waals surface area contributed by atoms with Gasteiger partial charge in [-0.05, 0) is 23.6 Å². The van der Waals surface area contributed by atoms with Crippen molar-refractivity contribution in [3.63, 3.8) is 0 Å². The van der Waals surface area contributed by atoms with Crippen molar-refractivity contribution in [3.05, 3.63) is 28.3 Å². The van der Waals surface area contributed by atoms with Crippen LogP contribution in [0, 0.1) is 0 Å². The zero-order valence-electron chi connectivity index (χ0n) is 11.1. The van der Waals surface area contributed by atoms with Crippen LogP contribution in [0.15, 0.2) is 12.1 Å². The molecule has 1 N–H and O–H groups in total. The quantitative estimate of drug-likeness (QED) is 0.915. The SMILES string of the molecule is COc1c(Cl)cc(C(C)C)cc1C1CNCCO1. The monoisotopic (exact) mass is 269 g/mol. The molecule has 1 heterocycles. The van der Waals surface area contributed by atoms with E-state index in [0.29, 0.717) is 10.9 Å². The lowest BCUT2D eigenvalue weighted by atomic mass is 9.97. The highest BCUT2D eigenvalue weighted by Gasteiger charge is 2.22. The Bertz CT molecular complexity index is 415. The van der Waals surface area contributed by atoms with Gasteiger partial charge in [0.1, 0.15) is 5.75 Å². The third-order valence-corrected chi connectivity index (χ3v) is 3.52. The number of rotatable bonds is 3. The molecule has 4 heteroatoms. The second-order valence-electron chi connectivity index (χ2n) is 4.84. The van der Waals surface area contributed by atoms with Crippen molar-refractivity contribution in [2.75, 3.05) is 26.8 Å². The maximum atomic E-state index is 6.30. The first-order chi connectivity index (χ1) is 8.63. The van der Waals surface area contributed by atoms with E-state index in [9.17, 15) is 0 Å². The van der Waals surface area contributed by atoms with E-state index >= 15 is 0 Å². The topological polar surface area (TPSA) is 30.5 Å². The van der Waals surface area contributed by atoms with Gasteiger partial charge in [0.15, 0.2) is 0 Å². The molecule has 1 fully saturated rings. The number of hydrogen-bond donors (Lipinski definition) is 1. The van der Waals surface area contributed by atoms with Crippen LogP contribution in [-0.4, -0.2) is 26.8 Å². The van der Waals surface area contributed by atoms with Crippen LogP contribution >= 0.6 is 11.6 Å². The first-order valence-electron chi connectivity index (χ1n) is 6.33. The molecule has 1 aliphatic heterocycles. The van der Waals surface area contributed by atoms with Gasteiger partial charge in [-0.2, -0.15) is 0 Å². The lowest BCUT2D eigenvalue weighted by Crippen LogP contribution is -2.33. The van der Waals surface area contributed by atoms with Crippen LogP contribution in [-0.2, 0) is 4.74 Å². The van der Waals surface area contributed by atoms with Crippen LogP contribution in [0.2, 0.25) is 5.02 Å². The van der Waals surface area contributed by atoms with Crippen molar-refractivity contribution in [1.82, 2.24) is 5.32 Å². The van der Waals surface area contributed by atoms with Crippen LogP contribution < -0.4 is 10.1 Å². The molecule has 100 valence electrons. The maximum absolute atomic E-state index is 6.30. The normalized spacial score (nSPS) is 20.2. The van der Waals surface area contributed by atoms with E-state index in [0.717, 1.165) is 31.0 Å². The summed E-state index contributed by atoms with van der Waals surface area (Å²) in [6.45, 7) is 6.73. The minimum atomic E-state index is 0.0184. The molecule has 0 aliphatic carbocycles. The molecule has 0 radical (unpaired) electrons. The van der Waals surface area contributed by atoms with Gasteiger partial charge < -0.3 is 14.8 Å². The number of benzene rings is 1. The summed E-state index contributed by atoms with van der Waals surface area (Å²) in [5.41, 5.74) is 2.26. The number of morpholine rings is 1. The van der Waals surface area contributed by atoms with E-state index in [2.05, 4.69) is 25.2 Å². The van der Waals surface area contributed by atoms with Crippen LogP contribution in [0.1, 0.15) is 37.0 Å². The van der Waals surface area contributed by atoms with Gasteiger partial charge in [-0.25, -0.2) is 0 Å². The van der Waals surface area contributed by atoms with Crippen molar-refractivity contribution in [2.45, 2.75) is 25.9 Å². The first kappa shape index (κ1) is 13.7. The van der Waals surface area contributed by atoms with E-state index in [1.807, 2.05) is 6.07 Å². The highest BCUT2D eigenvalue weighted by Crippen LogP contribution is 2.37. The summed E-state index contributed by atoms with van der Waals surface area (Å²) in [6, 6.07) is 4.12. The number of halogens is 1. The number of nitrogens with one attached hydrogen (secondary N) is 1. The number of methoxy groups -OCH3 is 1. The molecule has 1 atom stereocenters. The van der Waals surface area contributed by atoms with Crippen molar-refractivity contribution in [3.8, 4) is 5.75 Å². The second-order valence-corrected chi connectivity index (χ2v) is 5.25. The summed E-state index contributed by atoms with van der Waals surface area (Å²) >= 11 is 6.30. The lowest BCUT2D eigenvalue weighted by molar-refractivity contribution is 0.0262. The van der Waals surface area contributed by atoms with Crippen molar-refractivity contribution < 1.29 is 9.47 Å². The average molecular weight is 270 g/mol. The van der Waals surface area contributed by atoms with Gasteiger partial charge in [0.25, 0.3) is 0 Å². The van der Waals surface area contributed by atoms with E-state index in [1.165, 1.54) is 5.56 Å². The molecule has 0 bridgehead atoms. The molecule has 0 saturated carbocycles. The molecule has 1 aliphatic rings. The molecular formula is C14H20ClNO2. The van der Waals surface area contributed by atoms with Gasteiger partial charge in [-0.15, -0.1) is 0 Å². The predicted octanol–water partition coefficient (Wildman–Crippen LogP) is 3.13. The fourth-order valence-electron chi connectivity index (χ4n) is 2.19. The molecule has 3 nitrogen and oxygen atoms in total. The zero-order chi connectivity index (χ0) is 13.1. The minimum absolute atomic E-state index is 0.0184. The predicted molar refractivity (Wildman–Crippen MR) is 73.7 cm³/mol. The fourth-order valence-corrected chi connectivity index (χ4v) is 2.50. The minimum Gasteiger partial charge on any atom is -0.495 e. The number of ether oxygens (including phenoxy) is 2. The van der Waals surface area contributed by atoms with E-state index < -0.39 is 0 Å². The van der Waals surface area contributed by atoms with Crippen molar-refractivity contribution in [2.24, 2.45) is 0 Å². The Hall–Kier alpha value is -0.770. The third-order valence-electron chi connectivity index (χ3n) is 3.24. The van der Waals surface area contributed by atoms with Gasteiger partial charge >= 0.3 is 0 Å². The Kier molecular flexibility index (Phi) is 4.49. The van der Waals surface area contributed by atoms with Gasteiger partial charge in [0.05, 0.1) is 24.8 Å².